The molecule has 4 aromatic carbocycles. The molecule has 214 valence electrons. The molecule has 0 spiro atoms. The van der Waals surface area contributed by atoms with E-state index >= 15 is 0 Å². The summed E-state index contributed by atoms with van der Waals surface area (Å²) in [6.07, 6.45) is 0. The third-order valence-electron chi connectivity index (χ3n) is 7.44. The van der Waals surface area contributed by atoms with Crippen LogP contribution >= 0.6 is 11.3 Å². The highest BCUT2D eigenvalue weighted by Crippen LogP contribution is 2.32. The minimum atomic E-state index is -0.531. The number of benzene rings is 4. The number of hydrogen-bond donors (Lipinski definition) is 0. The molecular formula is C36H30N2O4S. The van der Waals surface area contributed by atoms with Crippen LogP contribution in [0.15, 0.2) is 114 Å². The van der Waals surface area contributed by atoms with Gasteiger partial charge in [0.1, 0.15) is 5.71 Å². The fraction of sp³-hybridized carbons (Fsp3) is 0.139. The number of rotatable bonds is 10. The number of carbonyl (C=O) groups is 2. The van der Waals surface area contributed by atoms with E-state index in [0.717, 1.165) is 38.5 Å². The molecule has 0 aliphatic carbocycles. The van der Waals surface area contributed by atoms with Gasteiger partial charge in [0, 0.05) is 51.6 Å². The summed E-state index contributed by atoms with van der Waals surface area (Å²) in [7, 11) is 0. The Morgan fingerprint density at radius 2 is 1.49 bits per heavy atom. The SMILES string of the molecule is CCOCCn1c2ccc(C(=O)c3cccs3)cc2c2cc(/C(=N/OC(=O)c3ccccc3)c3ccccc3C)ccc21. The van der Waals surface area contributed by atoms with E-state index in [9.17, 15) is 9.59 Å². The van der Waals surface area contributed by atoms with Gasteiger partial charge in [-0.25, -0.2) is 4.79 Å². The number of hydrogen-bond acceptors (Lipinski definition) is 6. The summed E-state index contributed by atoms with van der Waals surface area (Å²) >= 11 is 1.44. The molecule has 0 atom stereocenters. The van der Waals surface area contributed by atoms with Crippen molar-refractivity contribution in [2.75, 3.05) is 13.2 Å². The van der Waals surface area contributed by atoms with Crippen LogP contribution in [0.4, 0.5) is 0 Å². The highest BCUT2D eigenvalue weighted by Gasteiger charge is 2.19. The minimum Gasteiger partial charge on any atom is -0.380 e. The summed E-state index contributed by atoms with van der Waals surface area (Å²) in [4.78, 5) is 32.3. The smallest absolute Gasteiger partial charge is 0.365 e. The number of fused-ring (bicyclic) bond motifs is 3. The predicted molar refractivity (Wildman–Crippen MR) is 172 cm³/mol. The predicted octanol–water partition coefficient (Wildman–Crippen LogP) is 8.04. The van der Waals surface area contributed by atoms with E-state index in [1.165, 1.54) is 11.3 Å². The van der Waals surface area contributed by atoms with Crippen molar-refractivity contribution in [2.24, 2.45) is 5.16 Å². The molecule has 2 aromatic heterocycles. The first-order chi connectivity index (χ1) is 21.0. The number of ketones is 1. The third kappa shape index (κ3) is 5.78. The van der Waals surface area contributed by atoms with Crippen LogP contribution in [0.1, 0.15) is 49.2 Å². The Hall–Kier alpha value is -4.85. The molecule has 6 aromatic rings. The van der Waals surface area contributed by atoms with Crippen LogP contribution in [-0.2, 0) is 16.1 Å². The molecule has 2 heterocycles. The van der Waals surface area contributed by atoms with Gasteiger partial charge >= 0.3 is 5.97 Å². The van der Waals surface area contributed by atoms with Gasteiger partial charge < -0.3 is 14.1 Å². The normalized spacial score (nSPS) is 11.7. The number of ether oxygens (including phenoxy) is 1. The van der Waals surface area contributed by atoms with Gasteiger partial charge in [-0.1, -0.05) is 59.8 Å². The van der Waals surface area contributed by atoms with Gasteiger partial charge in [-0.05, 0) is 73.3 Å². The first kappa shape index (κ1) is 28.3. The van der Waals surface area contributed by atoms with E-state index in [1.807, 2.05) is 86.0 Å². The van der Waals surface area contributed by atoms with E-state index in [1.54, 1.807) is 24.3 Å². The molecule has 0 unspecified atom stereocenters. The molecule has 0 saturated carbocycles. The summed E-state index contributed by atoms with van der Waals surface area (Å²) in [5.41, 5.74) is 6.28. The van der Waals surface area contributed by atoms with Crippen molar-refractivity contribution in [3.05, 3.63) is 141 Å². The molecule has 0 fully saturated rings. The molecular weight excluding hydrogens is 556 g/mol. The van der Waals surface area contributed by atoms with Crippen LogP contribution in [-0.4, -0.2) is 35.2 Å². The van der Waals surface area contributed by atoms with Crippen LogP contribution in [0, 0.1) is 6.92 Å². The Labute approximate surface area is 253 Å². The fourth-order valence-electron chi connectivity index (χ4n) is 5.29. The second-order valence-electron chi connectivity index (χ2n) is 10.1. The van der Waals surface area contributed by atoms with Crippen molar-refractivity contribution in [1.29, 1.82) is 0 Å². The topological polar surface area (TPSA) is 69.9 Å². The van der Waals surface area contributed by atoms with Crippen LogP contribution in [0.25, 0.3) is 21.8 Å². The summed E-state index contributed by atoms with van der Waals surface area (Å²) in [5, 5.41) is 8.27. The van der Waals surface area contributed by atoms with Crippen LogP contribution < -0.4 is 0 Å². The van der Waals surface area contributed by atoms with Crippen molar-refractivity contribution in [3.8, 4) is 0 Å². The second kappa shape index (κ2) is 12.6. The van der Waals surface area contributed by atoms with E-state index in [4.69, 9.17) is 9.57 Å². The van der Waals surface area contributed by atoms with Gasteiger partial charge in [0.25, 0.3) is 0 Å². The van der Waals surface area contributed by atoms with E-state index in [2.05, 4.69) is 21.9 Å². The zero-order valence-corrected chi connectivity index (χ0v) is 24.8. The molecule has 0 aliphatic rings. The summed E-state index contributed by atoms with van der Waals surface area (Å²) in [5.74, 6) is -0.532. The molecule has 43 heavy (non-hydrogen) atoms. The highest BCUT2D eigenvalue weighted by molar-refractivity contribution is 7.12. The number of thiophene rings is 1. The number of nitrogens with zero attached hydrogens (tertiary/aromatic N) is 2. The average molecular weight is 587 g/mol. The summed E-state index contributed by atoms with van der Waals surface area (Å²) in [6.45, 7) is 5.86. The molecule has 7 heteroatoms. The molecule has 0 radical (unpaired) electrons. The van der Waals surface area contributed by atoms with Crippen LogP contribution in [0.2, 0.25) is 0 Å². The van der Waals surface area contributed by atoms with Crippen molar-refractivity contribution >= 4 is 50.6 Å². The number of aryl methyl sites for hydroxylation is 1. The fourth-order valence-corrected chi connectivity index (χ4v) is 5.98. The van der Waals surface area contributed by atoms with Gasteiger partial charge in [0.05, 0.1) is 17.0 Å². The molecule has 0 bridgehead atoms. The van der Waals surface area contributed by atoms with Crippen molar-refractivity contribution in [2.45, 2.75) is 20.4 Å². The second-order valence-corrected chi connectivity index (χ2v) is 11.1. The highest BCUT2D eigenvalue weighted by atomic mass is 32.1. The summed E-state index contributed by atoms with van der Waals surface area (Å²) < 4.78 is 7.92. The Morgan fingerprint density at radius 3 is 2.19 bits per heavy atom. The van der Waals surface area contributed by atoms with Crippen molar-refractivity contribution in [3.63, 3.8) is 0 Å². The maximum Gasteiger partial charge on any atom is 0.365 e. The standard InChI is InChI=1S/C36H30N2O4S/c1-3-41-20-19-38-31-17-15-26(22-29(31)30-23-27(16-18-32(30)38)35(39)33-14-9-21-43-33)34(28-13-8-7-10-24(28)2)37-42-36(40)25-11-5-4-6-12-25/h4-18,21-23H,3,19-20H2,1-2H3/b37-34-. The molecule has 0 aliphatic heterocycles. The van der Waals surface area contributed by atoms with E-state index < -0.39 is 5.97 Å². The van der Waals surface area contributed by atoms with Gasteiger partial charge in [-0.15, -0.1) is 11.3 Å². The van der Waals surface area contributed by atoms with Gasteiger partial charge in [-0.2, -0.15) is 0 Å². The number of aromatic nitrogens is 1. The Morgan fingerprint density at radius 1 is 0.791 bits per heavy atom. The molecule has 0 amide bonds. The van der Waals surface area contributed by atoms with Gasteiger partial charge in [0.2, 0.25) is 5.78 Å². The van der Waals surface area contributed by atoms with Gasteiger partial charge in [0.15, 0.2) is 0 Å². The Kier molecular flexibility index (Phi) is 8.27. The largest absolute Gasteiger partial charge is 0.380 e. The number of carbonyl (C=O) groups excluding carboxylic acids is 2. The molecule has 6 rings (SSSR count). The molecule has 6 nitrogen and oxygen atoms in total. The Bertz CT molecular complexity index is 1960. The molecule has 0 N–H and O–H groups in total. The van der Waals surface area contributed by atoms with Crippen LogP contribution in [0.5, 0.6) is 0 Å². The zero-order chi connectivity index (χ0) is 29.8. The van der Waals surface area contributed by atoms with E-state index in [0.29, 0.717) is 41.5 Å². The first-order valence-electron chi connectivity index (χ1n) is 14.2. The lowest BCUT2D eigenvalue weighted by atomic mass is 9.97. The lowest BCUT2D eigenvalue weighted by Crippen LogP contribution is -2.09. The van der Waals surface area contributed by atoms with Gasteiger partial charge in [-0.3, -0.25) is 4.79 Å². The third-order valence-corrected chi connectivity index (χ3v) is 8.31. The first-order valence-corrected chi connectivity index (χ1v) is 15.1. The minimum absolute atomic E-state index is 0.00161. The van der Waals surface area contributed by atoms with Crippen LogP contribution in [0.3, 0.4) is 0 Å². The average Bonchev–Trinajstić information content (AvgIpc) is 3.69. The summed E-state index contributed by atoms with van der Waals surface area (Å²) in [6, 6.07) is 32.4. The monoisotopic (exact) mass is 586 g/mol. The zero-order valence-electron chi connectivity index (χ0n) is 23.9. The lowest BCUT2D eigenvalue weighted by Gasteiger charge is -2.11. The Balaban J connectivity index is 1.50. The van der Waals surface area contributed by atoms with E-state index in [-0.39, 0.29) is 5.78 Å². The van der Waals surface area contributed by atoms with Crippen molar-refractivity contribution in [1.82, 2.24) is 4.57 Å². The maximum atomic E-state index is 13.3. The molecule has 0 saturated heterocycles. The quantitative estimate of drug-likeness (QED) is 0.0536. The maximum absolute atomic E-state index is 13.3. The van der Waals surface area contributed by atoms with Crippen molar-refractivity contribution < 1.29 is 19.2 Å². The number of oxime groups is 1. The lowest BCUT2D eigenvalue weighted by molar-refractivity contribution is 0.0517.